The summed E-state index contributed by atoms with van der Waals surface area (Å²) in [6, 6.07) is 0. The molecule has 0 saturated carbocycles. The predicted molar refractivity (Wildman–Crippen MR) is 108 cm³/mol. The van der Waals surface area contributed by atoms with E-state index >= 15 is 0 Å². The number of allylic oxidation sites excluding steroid dienone is 4. The van der Waals surface area contributed by atoms with E-state index in [1.54, 1.807) is 12.2 Å². The molecule has 1 rings (SSSR count). The highest BCUT2D eigenvalue weighted by Gasteiger charge is 2.22. The topological polar surface area (TPSA) is 21.7 Å². The van der Waals surface area contributed by atoms with Crippen LogP contribution in [0.1, 0.15) is 40.0 Å². The number of rotatable bonds is 11. The van der Waals surface area contributed by atoms with Crippen molar-refractivity contribution in [3.8, 4) is 0 Å². The minimum atomic E-state index is -0.219. The van der Waals surface area contributed by atoms with Gasteiger partial charge in [0.1, 0.15) is 5.83 Å². The summed E-state index contributed by atoms with van der Waals surface area (Å²) in [7, 11) is 4.16. The summed E-state index contributed by atoms with van der Waals surface area (Å²) < 4.78 is 25.3. The van der Waals surface area contributed by atoms with Crippen LogP contribution in [0.2, 0.25) is 0 Å². The second kappa shape index (κ2) is 11.7. The molecule has 4 heteroatoms. The second-order valence-electron chi connectivity index (χ2n) is 8.59. The van der Waals surface area contributed by atoms with Gasteiger partial charge in [0.25, 0.3) is 0 Å². The molecule has 1 fully saturated rings. The maximum atomic E-state index is 14.3. The lowest BCUT2D eigenvalue weighted by Gasteiger charge is -2.28. The molecule has 2 atom stereocenters. The Balaban J connectivity index is 2.48. The average Bonchev–Trinajstić information content (AvgIpc) is 2.53. The van der Waals surface area contributed by atoms with Crippen LogP contribution in [0, 0.1) is 17.3 Å². The van der Waals surface area contributed by atoms with Crippen molar-refractivity contribution in [1.82, 2.24) is 4.90 Å². The molecule has 0 aliphatic carbocycles. The predicted octanol–water partition coefficient (Wildman–Crippen LogP) is 5.01. The first-order chi connectivity index (χ1) is 12.2. The maximum absolute atomic E-state index is 14.3. The van der Waals surface area contributed by atoms with Gasteiger partial charge in [0.15, 0.2) is 0 Å². The molecule has 1 aliphatic heterocycles. The van der Waals surface area contributed by atoms with Crippen molar-refractivity contribution in [3.05, 3.63) is 36.2 Å². The highest BCUT2D eigenvalue weighted by Crippen LogP contribution is 2.26. The molecule has 0 unspecified atom stereocenters. The molecule has 0 radical (unpaired) electrons. The van der Waals surface area contributed by atoms with Gasteiger partial charge in [-0.2, -0.15) is 0 Å². The fraction of sp³-hybridized carbons (Fsp3) is 0.727. The summed E-state index contributed by atoms with van der Waals surface area (Å²) in [6.07, 6.45) is 8.05. The third-order valence-electron chi connectivity index (χ3n) is 4.90. The van der Waals surface area contributed by atoms with E-state index in [0.717, 1.165) is 44.6 Å². The van der Waals surface area contributed by atoms with Crippen molar-refractivity contribution in [3.63, 3.8) is 0 Å². The van der Waals surface area contributed by atoms with Gasteiger partial charge in [-0.05, 0) is 62.3 Å². The van der Waals surface area contributed by atoms with E-state index in [0.29, 0.717) is 18.4 Å². The van der Waals surface area contributed by atoms with E-state index in [1.165, 1.54) is 0 Å². The lowest BCUT2D eigenvalue weighted by molar-refractivity contribution is -0.0128. The number of hydrogen-bond acceptors (Lipinski definition) is 3. The lowest BCUT2D eigenvalue weighted by atomic mass is 9.85. The van der Waals surface area contributed by atoms with E-state index in [-0.39, 0.29) is 17.8 Å². The Bertz CT molecular complexity index is 483. The van der Waals surface area contributed by atoms with Gasteiger partial charge < -0.3 is 14.4 Å². The zero-order valence-electron chi connectivity index (χ0n) is 17.4. The summed E-state index contributed by atoms with van der Waals surface area (Å²) in [5.41, 5.74) is 1.15. The van der Waals surface area contributed by atoms with Crippen molar-refractivity contribution < 1.29 is 13.9 Å². The van der Waals surface area contributed by atoms with Gasteiger partial charge in [-0.1, -0.05) is 39.5 Å². The van der Waals surface area contributed by atoms with Crippen molar-refractivity contribution in [1.29, 1.82) is 0 Å². The standard InChI is InChI=1S/C22H38FNO2/c1-7-8-19(9-11-22(3,4)17-24(5)6)13-21(23)16-26-15-20-10-12-25-14-18(20)2/h7-8,13,18,20H,1,9-12,14-17H2,2-6H3/b19-8-,21-13+/t18-,20+/m0/s1. The molecule has 3 nitrogen and oxygen atoms in total. The maximum Gasteiger partial charge on any atom is 0.126 e. The molecule has 1 saturated heterocycles. The molecular weight excluding hydrogens is 329 g/mol. The Hall–Kier alpha value is -0.970. The molecule has 26 heavy (non-hydrogen) atoms. The van der Waals surface area contributed by atoms with E-state index in [2.05, 4.69) is 46.3 Å². The minimum Gasteiger partial charge on any atom is -0.381 e. The van der Waals surface area contributed by atoms with Gasteiger partial charge in [-0.15, -0.1) is 0 Å². The van der Waals surface area contributed by atoms with E-state index in [1.807, 2.05) is 6.08 Å². The monoisotopic (exact) mass is 367 g/mol. The molecule has 0 aromatic rings. The van der Waals surface area contributed by atoms with Crippen LogP contribution in [0.15, 0.2) is 36.2 Å². The highest BCUT2D eigenvalue weighted by atomic mass is 19.1. The molecule has 0 spiro atoms. The second-order valence-corrected chi connectivity index (χ2v) is 8.59. The third kappa shape index (κ3) is 9.65. The largest absolute Gasteiger partial charge is 0.381 e. The van der Waals surface area contributed by atoms with Crippen LogP contribution < -0.4 is 0 Å². The Morgan fingerprint density at radius 2 is 2.12 bits per heavy atom. The van der Waals surface area contributed by atoms with Gasteiger partial charge in [-0.3, -0.25) is 0 Å². The third-order valence-corrected chi connectivity index (χ3v) is 4.90. The number of nitrogens with zero attached hydrogens (tertiary/aromatic N) is 1. The molecule has 150 valence electrons. The van der Waals surface area contributed by atoms with Crippen molar-refractivity contribution in [2.24, 2.45) is 17.3 Å². The summed E-state index contributed by atoms with van der Waals surface area (Å²) in [5.74, 6) is 0.723. The zero-order valence-corrected chi connectivity index (χ0v) is 17.4. The van der Waals surface area contributed by atoms with Crippen LogP contribution >= 0.6 is 0 Å². The Morgan fingerprint density at radius 3 is 2.73 bits per heavy atom. The van der Waals surface area contributed by atoms with Gasteiger partial charge in [0.05, 0.1) is 13.2 Å². The first-order valence-corrected chi connectivity index (χ1v) is 9.71. The summed E-state index contributed by atoms with van der Waals surface area (Å²) >= 11 is 0. The summed E-state index contributed by atoms with van der Waals surface area (Å²) in [6.45, 7) is 13.6. The van der Waals surface area contributed by atoms with Crippen LogP contribution in [0.3, 0.4) is 0 Å². The van der Waals surface area contributed by atoms with Crippen LogP contribution in [-0.4, -0.2) is 52.0 Å². The van der Waals surface area contributed by atoms with Crippen LogP contribution in [0.5, 0.6) is 0 Å². The normalized spacial score (nSPS) is 22.7. The molecule has 1 aliphatic rings. The van der Waals surface area contributed by atoms with Gasteiger partial charge in [0, 0.05) is 19.8 Å². The zero-order chi connectivity index (χ0) is 19.6. The van der Waals surface area contributed by atoms with E-state index in [9.17, 15) is 4.39 Å². The van der Waals surface area contributed by atoms with Crippen LogP contribution in [0.4, 0.5) is 4.39 Å². The smallest absolute Gasteiger partial charge is 0.126 e. The molecule has 0 N–H and O–H groups in total. The number of ether oxygens (including phenoxy) is 2. The van der Waals surface area contributed by atoms with Crippen molar-refractivity contribution in [2.75, 3.05) is 47.1 Å². The molecule has 0 bridgehead atoms. The fourth-order valence-electron chi connectivity index (χ4n) is 3.50. The Labute approximate surface area is 159 Å². The number of hydrogen-bond donors (Lipinski definition) is 0. The molecule has 0 aromatic heterocycles. The quantitative estimate of drug-likeness (QED) is 0.479. The van der Waals surface area contributed by atoms with Crippen LogP contribution in [-0.2, 0) is 9.47 Å². The minimum absolute atomic E-state index is 0.0413. The van der Waals surface area contributed by atoms with Crippen molar-refractivity contribution in [2.45, 2.75) is 40.0 Å². The summed E-state index contributed by atoms with van der Waals surface area (Å²) in [5, 5.41) is 0. The van der Waals surface area contributed by atoms with E-state index < -0.39 is 0 Å². The van der Waals surface area contributed by atoms with Crippen LogP contribution in [0.25, 0.3) is 0 Å². The first kappa shape index (κ1) is 23.1. The SMILES string of the molecule is C=C/C=C(\C=C(\F)COC[C@H]1CCOC[C@@H]1C)CCC(C)(C)CN(C)C. The molecule has 1 heterocycles. The molecule has 0 amide bonds. The van der Waals surface area contributed by atoms with Crippen molar-refractivity contribution >= 4 is 0 Å². The highest BCUT2D eigenvalue weighted by molar-refractivity contribution is 5.25. The van der Waals surface area contributed by atoms with E-state index in [4.69, 9.17) is 9.47 Å². The summed E-state index contributed by atoms with van der Waals surface area (Å²) in [4.78, 5) is 2.19. The molecule has 0 aromatic carbocycles. The average molecular weight is 368 g/mol. The Morgan fingerprint density at radius 1 is 1.38 bits per heavy atom. The van der Waals surface area contributed by atoms with Gasteiger partial charge >= 0.3 is 0 Å². The lowest BCUT2D eigenvalue weighted by Crippen LogP contribution is -2.28. The Kier molecular flexibility index (Phi) is 10.4. The van der Waals surface area contributed by atoms with Gasteiger partial charge in [0.2, 0.25) is 0 Å². The van der Waals surface area contributed by atoms with Gasteiger partial charge in [-0.25, -0.2) is 4.39 Å². The first-order valence-electron chi connectivity index (χ1n) is 9.71. The fourth-order valence-corrected chi connectivity index (χ4v) is 3.50. The molecular formula is C22H38FNO2. The number of halogens is 1.